The molecular formula is C21H33N9. The lowest BCUT2D eigenvalue weighted by atomic mass is 10.3. The summed E-state index contributed by atoms with van der Waals surface area (Å²) in [7, 11) is 0. The van der Waals surface area contributed by atoms with Gasteiger partial charge in [-0.05, 0) is 37.4 Å². The smallest absolute Gasteiger partial charge is 0.233 e. The minimum atomic E-state index is 0.579. The van der Waals surface area contributed by atoms with Crippen molar-refractivity contribution in [3.8, 4) is 0 Å². The van der Waals surface area contributed by atoms with Crippen molar-refractivity contribution >= 4 is 29.2 Å². The number of piperazine rings is 2. The molecule has 9 nitrogen and oxygen atoms in total. The van der Waals surface area contributed by atoms with Crippen LogP contribution in [0.5, 0.6) is 0 Å². The zero-order valence-corrected chi connectivity index (χ0v) is 18.1. The van der Waals surface area contributed by atoms with E-state index in [1.54, 1.807) is 0 Å². The van der Waals surface area contributed by atoms with Crippen molar-refractivity contribution in [2.24, 2.45) is 0 Å². The Kier molecular flexibility index (Phi) is 6.49. The molecule has 0 saturated carbocycles. The third-order valence-corrected chi connectivity index (χ3v) is 5.98. The summed E-state index contributed by atoms with van der Waals surface area (Å²) in [6.07, 6.45) is 0. The average Bonchev–Trinajstić information content (AvgIpc) is 2.80. The summed E-state index contributed by atoms with van der Waals surface area (Å²) in [5, 5.41) is 3.34. The largest absolute Gasteiger partial charge is 0.399 e. The second-order valence-corrected chi connectivity index (χ2v) is 7.85. The summed E-state index contributed by atoms with van der Waals surface area (Å²) < 4.78 is 0. The fraction of sp³-hybridized carbons (Fsp3) is 0.571. The highest BCUT2D eigenvalue weighted by Gasteiger charge is 2.23. The zero-order valence-electron chi connectivity index (χ0n) is 18.1. The van der Waals surface area contributed by atoms with Crippen molar-refractivity contribution in [2.45, 2.75) is 13.8 Å². The fourth-order valence-corrected chi connectivity index (χ4v) is 3.92. The van der Waals surface area contributed by atoms with Crippen LogP contribution in [0.1, 0.15) is 13.8 Å². The molecule has 30 heavy (non-hydrogen) atoms. The molecule has 2 saturated heterocycles. The third-order valence-electron chi connectivity index (χ3n) is 5.98. The van der Waals surface area contributed by atoms with Crippen LogP contribution in [0.25, 0.3) is 0 Å². The van der Waals surface area contributed by atoms with E-state index in [4.69, 9.17) is 20.7 Å². The molecule has 0 atom stereocenters. The van der Waals surface area contributed by atoms with E-state index in [1.807, 2.05) is 24.3 Å². The Bertz CT molecular complexity index is 767. The zero-order chi connectivity index (χ0) is 20.9. The summed E-state index contributed by atoms with van der Waals surface area (Å²) in [5.74, 6) is 2.09. The van der Waals surface area contributed by atoms with Gasteiger partial charge < -0.3 is 30.7 Å². The Balaban J connectivity index is 1.57. The molecule has 4 rings (SSSR count). The molecule has 2 fully saturated rings. The molecule has 0 aliphatic carbocycles. The highest BCUT2D eigenvalue weighted by atomic mass is 15.4. The van der Waals surface area contributed by atoms with Gasteiger partial charge in [-0.1, -0.05) is 13.8 Å². The number of nitrogens with zero attached hydrogens (tertiary/aromatic N) is 7. The summed E-state index contributed by atoms with van der Waals surface area (Å²) in [6.45, 7) is 14.5. The van der Waals surface area contributed by atoms with Crippen molar-refractivity contribution in [1.82, 2.24) is 24.8 Å². The number of hydrogen-bond acceptors (Lipinski definition) is 9. The van der Waals surface area contributed by atoms with Gasteiger partial charge in [0, 0.05) is 63.7 Å². The minimum Gasteiger partial charge on any atom is -0.399 e. The van der Waals surface area contributed by atoms with Crippen LogP contribution in [-0.4, -0.2) is 90.2 Å². The highest BCUT2D eigenvalue weighted by molar-refractivity contribution is 5.59. The Morgan fingerprint density at radius 2 is 1.20 bits per heavy atom. The molecule has 0 bridgehead atoms. The van der Waals surface area contributed by atoms with E-state index in [1.165, 1.54) is 0 Å². The van der Waals surface area contributed by atoms with Crippen LogP contribution in [0.3, 0.4) is 0 Å². The van der Waals surface area contributed by atoms with Crippen LogP contribution in [0, 0.1) is 0 Å². The molecule has 1 aromatic carbocycles. The first-order chi connectivity index (χ1) is 14.6. The van der Waals surface area contributed by atoms with Gasteiger partial charge in [-0.3, -0.25) is 0 Å². The number of nitrogens with two attached hydrogens (primary N) is 1. The summed E-state index contributed by atoms with van der Waals surface area (Å²) in [4.78, 5) is 23.8. The SMILES string of the molecule is CCN1CCN(c2nc(Nc3ccc(N)cc3)nc(N3CCN(CC)CC3)n2)CC1. The summed E-state index contributed by atoms with van der Waals surface area (Å²) >= 11 is 0. The molecule has 9 heteroatoms. The first-order valence-corrected chi connectivity index (χ1v) is 11.0. The van der Waals surface area contributed by atoms with Gasteiger partial charge in [0.15, 0.2) is 0 Å². The second-order valence-electron chi connectivity index (χ2n) is 7.85. The first kappa shape index (κ1) is 20.6. The van der Waals surface area contributed by atoms with Crippen LogP contribution in [0.4, 0.5) is 29.2 Å². The number of nitrogen functional groups attached to an aromatic ring is 1. The lowest BCUT2D eigenvalue weighted by Gasteiger charge is -2.36. The summed E-state index contributed by atoms with van der Waals surface area (Å²) in [6, 6.07) is 7.63. The van der Waals surface area contributed by atoms with Gasteiger partial charge in [-0.2, -0.15) is 15.0 Å². The molecule has 0 radical (unpaired) electrons. The lowest BCUT2D eigenvalue weighted by molar-refractivity contribution is 0.268. The molecule has 162 valence electrons. The predicted octanol–water partition coefficient (Wildman–Crippen LogP) is 1.48. The molecule has 3 N–H and O–H groups in total. The number of aromatic nitrogens is 3. The van der Waals surface area contributed by atoms with Crippen molar-refractivity contribution in [3.63, 3.8) is 0 Å². The topological polar surface area (TPSA) is 89.7 Å². The molecule has 2 aliphatic heterocycles. The number of rotatable bonds is 6. The van der Waals surface area contributed by atoms with Gasteiger partial charge in [0.1, 0.15) is 0 Å². The van der Waals surface area contributed by atoms with Crippen molar-refractivity contribution in [2.75, 3.05) is 86.3 Å². The van der Waals surface area contributed by atoms with Crippen molar-refractivity contribution < 1.29 is 0 Å². The van der Waals surface area contributed by atoms with Gasteiger partial charge in [-0.15, -0.1) is 0 Å². The van der Waals surface area contributed by atoms with Gasteiger partial charge in [0.25, 0.3) is 0 Å². The second kappa shape index (κ2) is 9.44. The highest BCUT2D eigenvalue weighted by Crippen LogP contribution is 2.22. The molecule has 1 aromatic heterocycles. The van der Waals surface area contributed by atoms with Crippen LogP contribution in [0.15, 0.2) is 24.3 Å². The van der Waals surface area contributed by atoms with Crippen LogP contribution in [-0.2, 0) is 0 Å². The minimum absolute atomic E-state index is 0.579. The molecule has 3 heterocycles. The Labute approximate surface area is 178 Å². The van der Waals surface area contributed by atoms with E-state index in [0.717, 1.165) is 88.7 Å². The number of benzene rings is 1. The molecular weight excluding hydrogens is 378 g/mol. The summed E-state index contributed by atoms with van der Waals surface area (Å²) in [5.41, 5.74) is 7.47. The maximum absolute atomic E-state index is 5.82. The van der Waals surface area contributed by atoms with Crippen LogP contribution in [0.2, 0.25) is 0 Å². The third kappa shape index (κ3) is 4.91. The molecule has 2 aliphatic rings. The maximum Gasteiger partial charge on any atom is 0.233 e. The number of anilines is 5. The maximum atomic E-state index is 5.82. The van der Waals surface area contributed by atoms with Crippen molar-refractivity contribution in [1.29, 1.82) is 0 Å². The fourth-order valence-electron chi connectivity index (χ4n) is 3.92. The number of likely N-dealkylation sites (N-methyl/N-ethyl adjacent to an activating group) is 2. The van der Waals surface area contributed by atoms with Gasteiger partial charge >= 0.3 is 0 Å². The first-order valence-electron chi connectivity index (χ1n) is 11.0. The van der Waals surface area contributed by atoms with Crippen molar-refractivity contribution in [3.05, 3.63) is 24.3 Å². The van der Waals surface area contributed by atoms with Gasteiger partial charge in [0.2, 0.25) is 17.8 Å². The Morgan fingerprint density at radius 1 is 0.733 bits per heavy atom. The molecule has 0 amide bonds. The van der Waals surface area contributed by atoms with E-state index in [0.29, 0.717) is 5.95 Å². The van der Waals surface area contributed by atoms with Crippen LogP contribution < -0.4 is 20.9 Å². The predicted molar refractivity (Wildman–Crippen MR) is 123 cm³/mol. The molecule has 0 unspecified atom stereocenters. The lowest BCUT2D eigenvalue weighted by Crippen LogP contribution is -2.48. The molecule has 0 spiro atoms. The quantitative estimate of drug-likeness (QED) is 0.686. The number of hydrogen-bond donors (Lipinski definition) is 2. The Morgan fingerprint density at radius 3 is 1.63 bits per heavy atom. The van der Waals surface area contributed by atoms with E-state index in [2.05, 4.69) is 38.8 Å². The standard InChI is InChI=1S/C21H33N9/c1-3-27-9-13-29(14-10-27)20-24-19(23-18-7-5-17(22)6-8-18)25-21(26-20)30-15-11-28(4-2)12-16-30/h5-8H,3-4,9-16,22H2,1-2H3,(H,23,24,25,26). The normalized spacial score (nSPS) is 18.6. The van der Waals surface area contributed by atoms with E-state index in [9.17, 15) is 0 Å². The molecule has 2 aromatic rings. The van der Waals surface area contributed by atoms with E-state index in [-0.39, 0.29) is 0 Å². The Hall–Kier alpha value is -2.65. The number of nitrogens with one attached hydrogen (secondary N) is 1. The van der Waals surface area contributed by atoms with E-state index < -0.39 is 0 Å². The van der Waals surface area contributed by atoms with Gasteiger partial charge in [-0.25, -0.2) is 0 Å². The monoisotopic (exact) mass is 411 g/mol. The van der Waals surface area contributed by atoms with E-state index >= 15 is 0 Å². The average molecular weight is 412 g/mol. The van der Waals surface area contributed by atoms with Gasteiger partial charge in [0.05, 0.1) is 0 Å². The van der Waals surface area contributed by atoms with Crippen LogP contribution >= 0.6 is 0 Å².